The maximum atomic E-state index is 12.0. The minimum Gasteiger partial charge on any atom is -0.371 e. The molecule has 27 heavy (non-hydrogen) atoms. The van der Waals surface area contributed by atoms with E-state index >= 15 is 0 Å². The van der Waals surface area contributed by atoms with Gasteiger partial charge in [-0.2, -0.15) is 0 Å². The summed E-state index contributed by atoms with van der Waals surface area (Å²) in [5.41, 5.74) is 2.23. The summed E-state index contributed by atoms with van der Waals surface area (Å²) in [4.78, 5) is 14.4. The third-order valence-electron chi connectivity index (χ3n) is 4.82. The van der Waals surface area contributed by atoms with E-state index in [0.29, 0.717) is 11.4 Å². The van der Waals surface area contributed by atoms with E-state index < -0.39 is 0 Å². The van der Waals surface area contributed by atoms with Crippen molar-refractivity contribution < 1.29 is 9.53 Å². The van der Waals surface area contributed by atoms with Crippen molar-refractivity contribution in [3.8, 4) is 0 Å². The monoisotopic (exact) mass is 386 g/mol. The van der Waals surface area contributed by atoms with Crippen LogP contribution in [0.15, 0.2) is 54.6 Å². The molecule has 1 N–H and O–H groups in total. The van der Waals surface area contributed by atoms with Gasteiger partial charge in [0.1, 0.15) is 0 Å². The molecule has 1 saturated heterocycles. The van der Waals surface area contributed by atoms with Gasteiger partial charge in [-0.1, -0.05) is 54.1 Å². The third-order valence-corrected chi connectivity index (χ3v) is 5.08. The topological polar surface area (TPSA) is 41.6 Å². The summed E-state index contributed by atoms with van der Waals surface area (Å²) in [6.45, 7) is 4.45. The predicted molar refractivity (Wildman–Crippen MR) is 109 cm³/mol. The molecule has 3 rings (SSSR count). The fraction of sp³-hybridized carbons (Fsp3) is 0.409. The van der Waals surface area contributed by atoms with Gasteiger partial charge in [-0.25, -0.2) is 0 Å². The maximum Gasteiger partial charge on any atom is 0.224 e. The number of hydrogen-bond acceptors (Lipinski definition) is 3. The van der Waals surface area contributed by atoms with Gasteiger partial charge in [0.2, 0.25) is 5.91 Å². The van der Waals surface area contributed by atoms with Crippen molar-refractivity contribution >= 4 is 17.5 Å². The Labute approximate surface area is 166 Å². The molecule has 0 aromatic heterocycles. The van der Waals surface area contributed by atoms with E-state index in [1.165, 1.54) is 5.56 Å². The molecular formula is C22H27ClN2O2. The zero-order chi connectivity index (χ0) is 18.9. The Morgan fingerprint density at radius 3 is 2.67 bits per heavy atom. The number of benzene rings is 2. The lowest BCUT2D eigenvalue weighted by atomic mass is 10.1. The summed E-state index contributed by atoms with van der Waals surface area (Å²) in [6, 6.07) is 17.8. The number of carbonyl (C=O) groups is 1. The highest BCUT2D eigenvalue weighted by Crippen LogP contribution is 2.22. The van der Waals surface area contributed by atoms with Crippen molar-refractivity contribution in [1.29, 1.82) is 0 Å². The van der Waals surface area contributed by atoms with Crippen LogP contribution < -0.4 is 5.32 Å². The van der Waals surface area contributed by atoms with E-state index in [1.54, 1.807) is 0 Å². The lowest BCUT2D eigenvalue weighted by Crippen LogP contribution is -2.39. The Bertz CT molecular complexity index is 706. The number of nitrogens with zero attached hydrogens (tertiary/aromatic N) is 1. The first-order valence-corrected chi connectivity index (χ1v) is 9.98. The number of halogens is 1. The van der Waals surface area contributed by atoms with Gasteiger partial charge in [-0.05, 0) is 42.6 Å². The highest BCUT2D eigenvalue weighted by molar-refractivity contribution is 6.30. The van der Waals surface area contributed by atoms with Crippen molar-refractivity contribution in [2.45, 2.75) is 25.4 Å². The summed E-state index contributed by atoms with van der Waals surface area (Å²) in [7, 11) is 0. The van der Waals surface area contributed by atoms with Crippen LogP contribution >= 0.6 is 11.6 Å². The van der Waals surface area contributed by atoms with Crippen LogP contribution in [0.2, 0.25) is 5.02 Å². The highest BCUT2D eigenvalue weighted by atomic mass is 35.5. The minimum atomic E-state index is 0.0628. The fourth-order valence-corrected chi connectivity index (χ4v) is 3.44. The van der Waals surface area contributed by atoms with E-state index in [-0.39, 0.29) is 12.0 Å². The summed E-state index contributed by atoms with van der Waals surface area (Å²) >= 11 is 5.86. The Hall–Kier alpha value is -1.88. The van der Waals surface area contributed by atoms with Crippen LogP contribution in [0.5, 0.6) is 0 Å². The van der Waals surface area contributed by atoms with Crippen LogP contribution in [0.3, 0.4) is 0 Å². The smallest absolute Gasteiger partial charge is 0.224 e. The summed E-state index contributed by atoms with van der Waals surface area (Å²) in [5, 5.41) is 3.69. The van der Waals surface area contributed by atoms with Crippen molar-refractivity contribution in [3.63, 3.8) is 0 Å². The largest absolute Gasteiger partial charge is 0.371 e. The normalized spacial score (nSPS) is 17.6. The van der Waals surface area contributed by atoms with Crippen molar-refractivity contribution in [2.24, 2.45) is 0 Å². The first kappa shape index (κ1) is 19.9. The standard InChI is InChI=1S/C22H27ClN2O2/c23-20-10-8-18(9-11-20)16-22(26)24-12-4-5-13-25-14-15-27-21(17-25)19-6-2-1-3-7-19/h1-3,6-11,21H,4-5,12-17H2,(H,24,26)/t21-/m1/s1. The number of unbranched alkanes of at least 4 members (excludes halogenated alkanes) is 1. The molecule has 1 heterocycles. The molecule has 4 nitrogen and oxygen atoms in total. The van der Waals surface area contributed by atoms with Crippen LogP contribution in [-0.4, -0.2) is 43.6 Å². The first-order chi connectivity index (χ1) is 13.2. The lowest BCUT2D eigenvalue weighted by Gasteiger charge is -2.33. The Balaban J connectivity index is 1.30. The average molecular weight is 387 g/mol. The van der Waals surface area contributed by atoms with Crippen LogP contribution in [0.4, 0.5) is 0 Å². The van der Waals surface area contributed by atoms with Gasteiger partial charge in [0.05, 0.1) is 19.1 Å². The molecule has 1 aliphatic rings. The Morgan fingerprint density at radius 1 is 1.11 bits per heavy atom. The second-order valence-electron chi connectivity index (χ2n) is 6.93. The van der Waals surface area contributed by atoms with E-state index in [9.17, 15) is 4.79 Å². The molecule has 1 amide bonds. The van der Waals surface area contributed by atoms with Gasteiger partial charge >= 0.3 is 0 Å². The van der Waals surface area contributed by atoms with Crippen molar-refractivity contribution in [2.75, 3.05) is 32.8 Å². The van der Waals surface area contributed by atoms with Gasteiger partial charge in [-0.3, -0.25) is 9.69 Å². The SMILES string of the molecule is O=C(Cc1ccc(Cl)cc1)NCCCCN1CCO[C@@H](c2ccccc2)C1. The first-order valence-electron chi connectivity index (χ1n) is 9.61. The molecule has 0 radical (unpaired) electrons. The summed E-state index contributed by atoms with van der Waals surface area (Å²) in [6.07, 6.45) is 2.63. The zero-order valence-electron chi connectivity index (χ0n) is 15.6. The number of rotatable bonds is 8. The second kappa shape index (κ2) is 10.5. The Morgan fingerprint density at radius 2 is 1.89 bits per heavy atom. The van der Waals surface area contributed by atoms with Crippen molar-refractivity contribution in [1.82, 2.24) is 10.2 Å². The number of morpholine rings is 1. The van der Waals surface area contributed by atoms with E-state index in [2.05, 4.69) is 34.5 Å². The summed E-state index contributed by atoms with van der Waals surface area (Å²) in [5.74, 6) is 0.0628. The molecule has 0 saturated carbocycles. The quantitative estimate of drug-likeness (QED) is 0.700. The van der Waals surface area contributed by atoms with E-state index in [0.717, 1.165) is 51.2 Å². The molecule has 144 valence electrons. The molecule has 1 atom stereocenters. The lowest BCUT2D eigenvalue weighted by molar-refractivity contribution is -0.120. The third kappa shape index (κ3) is 6.65. The summed E-state index contributed by atoms with van der Waals surface area (Å²) < 4.78 is 5.91. The van der Waals surface area contributed by atoms with E-state index in [4.69, 9.17) is 16.3 Å². The molecule has 0 aliphatic carbocycles. The predicted octanol–water partition coefficient (Wildman–Crippen LogP) is 3.85. The minimum absolute atomic E-state index is 0.0628. The van der Waals surface area contributed by atoms with Gasteiger partial charge in [0, 0.05) is 24.7 Å². The highest BCUT2D eigenvalue weighted by Gasteiger charge is 2.21. The molecule has 1 fully saturated rings. The zero-order valence-corrected chi connectivity index (χ0v) is 16.3. The van der Waals surface area contributed by atoms with Crippen LogP contribution in [-0.2, 0) is 16.0 Å². The number of nitrogens with one attached hydrogen (secondary N) is 1. The maximum absolute atomic E-state index is 12.0. The van der Waals surface area contributed by atoms with Gasteiger partial charge in [0.25, 0.3) is 0 Å². The molecule has 2 aromatic rings. The number of amides is 1. The van der Waals surface area contributed by atoms with E-state index in [1.807, 2.05) is 30.3 Å². The van der Waals surface area contributed by atoms with Crippen LogP contribution in [0.1, 0.15) is 30.1 Å². The van der Waals surface area contributed by atoms with Gasteiger partial charge in [-0.15, -0.1) is 0 Å². The Kier molecular flexibility index (Phi) is 7.69. The number of ether oxygens (including phenoxy) is 1. The van der Waals surface area contributed by atoms with Crippen LogP contribution in [0, 0.1) is 0 Å². The van der Waals surface area contributed by atoms with Crippen LogP contribution in [0.25, 0.3) is 0 Å². The van der Waals surface area contributed by atoms with Gasteiger partial charge < -0.3 is 10.1 Å². The molecule has 0 bridgehead atoms. The molecule has 1 aliphatic heterocycles. The second-order valence-corrected chi connectivity index (χ2v) is 7.37. The number of carbonyl (C=O) groups excluding carboxylic acids is 1. The van der Waals surface area contributed by atoms with Gasteiger partial charge in [0.15, 0.2) is 0 Å². The van der Waals surface area contributed by atoms with Crippen molar-refractivity contribution in [3.05, 3.63) is 70.7 Å². The number of hydrogen-bond donors (Lipinski definition) is 1. The molecule has 2 aromatic carbocycles. The molecule has 0 spiro atoms. The average Bonchev–Trinajstić information content (AvgIpc) is 2.70. The molecule has 5 heteroatoms. The molecular weight excluding hydrogens is 360 g/mol. The molecule has 0 unspecified atom stereocenters. The fourth-order valence-electron chi connectivity index (χ4n) is 3.31.